The molecule has 6 heteroatoms. The maximum atomic E-state index is 10.5. The second-order valence-electron chi connectivity index (χ2n) is 2.37. The third-order valence-corrected chi connectivity index (χ3v) is 4.20. The third-order valence-electron chi connectivity index (χ3n) is 1.22. The Morgan fingerprint density at radius 1 is 1.38 bits per heavy atom. The molecule has 0 saturated heterocycles. The molecule has 0 amide bonds. The van der Waals surface area contributed by atoms with Gasteiger partial charge in [0.2, 0.25) is 0 Å². The largest absolute Gasteiger partial charge is 0.335 e. The molecule has 0 radical (unpaired) electrons. The minimum atomic E-state index is -3.95. The maximum Gasteiger partial charge on any atom is 0.335 e. The summed E-state index contributed by atoms with van der Waals surface area (Å²) in [6, 6.07) is 6.95. The second kappa shape index (κ2) is 4.49. The molecule has 0 spiro atoms. The number of thioether (sulfide) groups is 1. The predicted octanol–water partition coefficient (Wildman–Crippen LogP) is 2.57. The molecule has 13 heavy (non-hydrogen) atoms. The van der Waals surface area contributed by atoms with Gasteiger partial charge in [-0.1, -0.05) is 23.7 Å². The molecule has 2 N–H and O–H groups in total. The van der Waals surface area contributed by atoms with E-state index in [-0.39, 0.29) is 5.49 Å². The van der Waals surface area contributed by atoms with Crippen LogP contribution >= 0.6 is 31.0 Å². The second-order valence-corrected chi connectivity index (χ2v) is 5.87. The Hall–Kier alpha value is 0.01000. The molecule has 1 aromatic rings. The Labute approximate surface area is 85.3 Å². The van der Waals surface area contributed by atoms with E-state index in [1.165, 1.54) is 0 Å². The Kier molecular flexibility index (Phi) is 3.83. The van der Waals surface area contributed by atoms with Gasteiger partial charge in [-0.2, -0.15) is 0 Å². The van der Waals surface area contributed by atoms with Gasteiger partial charge >= 0.3 is 7.60 Å². The number of hydrogen-bond donors (Lipinski definition) is 2. The zero-order valence-corrected chi connectivity index (χ0v) is 9.02. The van der Waals surface area contributed by atoms with Gasteiger partial charge in [-0.25, -0.2) is 0 Å². The summed E-state index contributed by atoms with van der Waals surface area (Å²) in [6.07, 6.45) is 0. The molecular weight excluding hydrogens is 231 g/mol. The van der Waals surface area contributed by atoms with E-state index in [2.05, 4.69) is 0 Å². The van der Waals surface area contributed by atoms with Crippen molar-refractivity contribution >= 4 is 31.0 Å². The molecule has 0 aliphatic carbocycles. The number of halogens is 1. The molecular formula is C7H8ClO3PS. The molecule has 0 aromatic heterocycles. The zero-order valence-electron chi connectivity index (χ0n) is 6.55. The van der Waals surface area contributed by atoms with E-state index >= 15 is 0 Å². The molecule has 1 rings (SSSR count). The summed E-state index contributed by atoms with van der Waals surface area (Å²) in [5.41, 5.74) is -0.239. The van der Waals surface area contributed by atoms with Crippen LogP contribution in [0.3, 0.4) is 0 Å². The monoisotopic (exact) mass is 238 g/mol. The van der Waals surface area contributed by atoms with Crippen molar-refractivity contribution in [2.24, 2.45) is 0 Å². The van der Waals surface area contributed by atoms with E-state index in [9.17, 15) is 4.57 Å². The molecule has 0 saturated carbocycles. The van der Waals surface area contributed by atoms with Crippen molar-refractivity contribution in [3.8, 4) is 0 Å². The number of hydrogen-bond acceptors (Lipinski definition) is 2. The van der Waals surface area contributed by atoms with E-state index < -0.39 is 7.60 Å². The van der Waals surface area contributed by atoms with Crippen LogP contribution in [0, 0.1) is 0 Å². The molecule has 0 heterocycles. The maximum absolute atomic E-state index is 10.5. The third kappa shape index (κ3) is 4.16. The normalized spacial score (nSPS) is 11.6. The van der Waals surface area contributed by atoms with Crippen molar-refractivity contribution in [2.75, 3.05) is 5.49 Å². The molecule has 0 aliphatic rings. The minimum absolute atomic E-state index is 0.239. The highest BCUT2D eigenvalue weighted by Crippen LogP contribution is 2.42. The fraction of sp³-hybridized carbons (Fsp3) is 0.143. The van der Waals surface area contributed by atoms with Crippen LogP contribution in [0.2, 0.25) is 5.02 Å². The first-order chi connectivity index (χ1) is 5.99. The van der Waals surface area contributed by atoms with E-state index in [0.29, 0.717) is 9.92 Å². The fourth-order valence-corrected chi connectivity index (χ4v) is 2.62. The molecule has 0 fully saturated rings. The zero-order chi connectivity index (χ0) is 9.90. The predicted molar refractivity (Wildman–Crippen MR) is 54.2 cm³/mol. The summed E-state index contributed by atoms with van der Waals surface area (Å²) in [7, 11) is -3.95. The van der Waals surface area contributed by atoms with Crippen LogP contribution in [0.25, 0.3) is 0 Å². The highest BCUT2D eigenvalue weighted by molar-refractivity contribution is 8.04. The molecule has 72 valence electrons. The summed E-state index contributed by atoms with van der Waals surface area (Å²) in [5, 5.41) is 0.515. The number of benzene rings is 1. The van der Waals surface area contributed by atoms with Crippen molar-refractivity contribution in [2.45, 2.75) is 4.90 Å². The SMILES string of the molecule is O=P(O)(O)CSc1ccccc1Cl. The van der Waals surface area contributed by atoms with E-state index in [1.54, 1.807) is 24.3 Å². The first kappa shape index (κ1) is 11.1. The quantitative estimate of drug-likeness (QED) is 0.628. The average Bonchev–Trinajstić information content (AvgIpc) is 2.01. The summed E-state index contributed by atoms with van der Waals surface area (Å²) < 4.78 is 10.5. The lowest BCUT2D eigenvalue weighted by Crippen LogP contribution is -1.82. The van der Waals surface area contributed by atoms with Crippen molar-refractivity contribution in [1.29, 1.82) is 0 Å². The topological polar surface area (TPSA) is 57.5 Å². The molecule has 3 nitrogen and oxygen atoms in total. The van der Waals surface area contributed by atoms with Gasteiger partial charge in [0, 0.05) is 4.90 Å². The molecule has 0 atom stereocenters. The van der Waals surface area contributed by atoms with Gasteiger partial charge in [0.1, 0.15) is 5.49 Å². The van der Waals surface area contributed by atoms with Gasteiger partial charge in [0.15, 0.2) is 0 Å². The van der Waals surface area contributed by atoms with Crippen molar-refractivity contribution < 1.29 is 14.4 Å². The smallest absolute Gasteiger partial charge is 0.324 e. The molecule has 0 unspecified atom stereocenters. The van der Waals surface area contributed by atoms with Crippen molar-refractivity contribution in [1.82, 2.24) is 0 Å². The highest BCUT2D eigenvalue weighted by Gasteiger charge is 2.13. The first-order valence-corrected chi connectivity index (χ1v) is 6.57. The standard InChI is InChI=1S/C7H8ClO3PS/c8-6-3-1-2-4-7(6)13-5-12(9,10)11/h1-4H,5H2,(H2,9,10,11). The van der Waals surface area contributed by atoms with Gasteiger partial charge in [-0.05, 0) is 12.1 Å². The number of rotatable bonds is 3. The summed E-state index contributed by atoms with van der Waals surface area (Å²) in [6.45, 7) is 0. The van der Waals surface area contributed by atoms with E-state index in [4.69, 9.17) is 21.4 Å². The van der Waals surface area contributed by atoms with Crippen LogP contribution in [-0.2, 0) is 4.57 Å². The fourth-order valence-electron chi connectivity index (χ4n) is 0.715. The lowest BCUT2D eigenvalue weighted by atomic mass is 10.4. The van der Waals surface area contributed by atoms with Crippen LogP contribution in [0.15, 0.2) is 29.2 Å². The van der Waals surface area contributed by atoms with Gasteiger partial charge in [0.05, 0.1) is 5.02 Å². The summed E-state index contributed by atoms with van der Waals surface area (Å²) in [4.78, 5) is 17.9. The van der Waals surface area contributed by atoms with Gasteiger partial charge in [-0.15, -0.1) is 11.8 Å². The van der Waals surface area contributed by atoms with Crippen LogP contribution in [-0.4, -0.2) is 15.3 Å². The van der Waals surface area contributed by atoms with E-state index in [0.717, 1.165) is 11.8 Å². The van der Waals surface area contributed by atoms with Crippen molar-refractivity contribution in [3.05, 3.63) is 29.3 Å². The lowest BCUT2D eigenvalue weighted by molar-refractivity contribution is 0.379. The van der Waals surface area contributed by atoms with E-state index in [1.807, 2.05) is 0 Å². The molecule has 1 aromatic carbocycles. The summed E-state index contributed by atoms with van der Waals surface area (Å²) in [5.74, 6) is 0. The van der Waals surface area contributed by atoms with Gasteiger partial charge < -0.3 is 9.79 Å². The van der Waals surface area contributed by atoms with Gasteiger partial charge in [0.25, 0.3) is 0 Å². The Bertz CT molecular complexity index is 338. The van der Waals surface area contributed by atoms with Crippen molar-refractivity contribution in [3.63, 3.8) is 0 Å². The Morgan fingerprint density at radius 2 is 2.00 bits per heavy atom. The Morgan fingerprint density at radius 3 is 2.54 bits per heavy atom. The van der Waals surface area contributed by atoms with Crippen LogP contribution in [0.1, 0.15) is 0 Å². The van der Waals surface area contributed by atoms with Crippen LogP contribution in [0.5, 0.6) is 0 Å². The highest BCUT2D eigenvalue weighted by atomic mass is 35.5. The van der Waals surface area contributed by atoms with Crippen LogP contribution < -0.4 is 0 Å². The first-order valence-electron chi connectivity index (χ1n) is 3.41. The average molecular weight is 239 g/mol. The van der Waals surface area contributed by atoms with Gasteiger partial charge in [-0.3, -0.25) is 4.57 Å². The Balaban J connectivity index is 2.65. The lowest BCUT2D eigenvalue weighted by Gasteiger charge is -2.04. The molecule has 0 bridgehead atoms. The molecule has 0 aliphatic heterocycles. The minimum Gasteiger partial charge on any atom is -0.324 e. The summed E-state index contributed by atoms with van der Waals surface area (Å²) >= 11 is 6.84. The van der Waals surface area contributed by atoms with Crippen LogP contribution in [0.4, 0.5) is 0 Å².